The Balaban J connectivity index is 1.34. The fourth-order valence-electron chi connectivity index (χ4n) is 4.72. The van der Waals surface area contributed by atoms with E-state index in [2.05, 4.69) is 32.5 Å². The highest BCUT2D eigenvalue weighted by Gasteiger charge is 2.18. The molecule has 4 N–H and O–H groups in total. The van der Waals surface area contributed by atoms with Crippen molar-refractivity contribution >= 4 is 39.7 Å². The number of amides is 1. The van der Waals surface area contributed by atoms with Gasteiger partial charge in [-0.2, -0.15) is 0 Å². The van der Waals surface area contributed by atoms with Crippen LogP contribution in [0.2, 0.25) is 0 Å². The van der Waals surface area contributed by atoms with Gasteiger partial charge in [-0.05, 0) is 74.0 Å². The largest absolute Gasteiger partial charge is 0.340 e. The maximum absolute atomic E-state index is 12.7. The highest BCUT2D eigenvalue weighted by atomic mass is 16.2. The molecule has 0 spiro atoms. The van der Waals surface area contributed by atoms with Crippen molar-refractivity contribution in [2.24, 2.45) is 0 Å². The minimum atomic E-state index is -0.0150. The zero-order chi connectivity index (χ0) is 23.6. The molecular weight excluding hydrogens is 438 g/mol. The predicted octanol–water partition coefficient (Wildman–Crippen LogP) is 4.50. The predicted molar refractivity (Wildman–Crippen MR) is 139 cm³/mol. The maximum atomic E-state index is 12.7. The molecule has 3 heterocycles. The van der Waals surface area contributed by atoms with Crippen molar-refractivity contribution in [1.29, 1.82) is 0 Å². The Kier molecular flexibility index (Phi) is 5.73. The SMILES string of the molecule is O=C(CN1CCCC1)Nc1ccccc1-c1nc(Nc2ccc3c(c2)CNN3)c2ccccc2n1. The lowest BCUT2D eigenvalue weighted by Gasteiger charge is -2.16. The molecule has 2 aliphatic heterocycles. The molecule has 1 saturated heterocycles. The molecule has 0 aliphatic carbocycles. The number of nitrogens with one attached hydrogen (secondary N) is 4. The van der Waals surface area contributed by atoms with Crippen molar-refractivity contribution in [1.82, 2.24) is 20.3 Å². The minimum absolute atomic E-state index is 0.0150. The van der Waals surface area contributed by atoms with Crippen LogP contribution in [0.15, 0.2) is 66.7 Å². The number of para-hydroxylation sites is 2. The third-order valence-corrected chi connectivity index (χ3v) is 6.48. The van der Waals surface area contributed by atoms with E-state index in [0.29, 0.717) is 18.1 Å². The van der Waals surface area contributed by atoms with Crippen LogP contribution in [0.4, 0.5) is 22.9 Å². The summed E-state index contributed by atoms with van der Waals surface area (Å²) in [4.78, 5) is 24.7. The van der Waals surface area contributed by atoms with Crippen LogP contribution >= 0.6 is 0 Å². The summed E-state index contributed by atoms with van der Waals surface area (Å²) in [7, 11) is 0. The van der Waals surface area contributed by atoms with Crippen molar-refractivity contribution in [3.8, 4) is 11.4 Å². The third kappa shape index (κ3) is 4.53. The Morgan fingerprint density at radius 3 is 2.71 bits per heavy atom. The Morgan fingerprint density at radius 2 is 1.80 bits per heavy atom. The Labute approximate surface area is 203 Å². The van der Waals surface area contributed by atoms with Crippen LogP contribution < -0.4 is 21.5 Å². The molecule has 1 fully saturated rings. The van der Waals surface area contributed by atoms with Gasteiger partial charge in [-0.3, -0.25) is 9.69 Å². The van der Waals surface area contributed by atoms with Gasteiger partial charge in [0.15, 0.2) is 5.82 Å². The molecule has 1 amide bonds. The van der Waals surface area contributed by atoms with E-state index in [9.17, 15) is 4.79 Å². The van der Waals surface area contributed by atoms with Gasteiger partial charge < -0.3 is 16.1 Å². The van der Waals surface area contributed by atoms with Crippen LogP contribution in [-0.4, -0.2) is 40.4 Å². The Morgan fingerprint density at radius 1 is 0.971 bits per heavy atom. The van der Waals surface area contributed by atoms with Gasteiger partial charge in [-0.25, -0.2) is 15.4 Å². The third-order valence-electron chi connectivity index (χ3n) is 6.48. The molecule has 3 aromatic carbocycles. The minimum Gasteiger partial charge on any atom is -0.340 e. The van der Waals surface area contributed by atoms with Gasteiger partial charge in [0, 0.05) is 23.2 Å². The van der Waals surface area contributed by atoms with Gasteiger partial charge in [0.2, 0.25) is 5.91 Å². The number of aromatic nitrogens is 2. The van der Waals surface area contributed by atoms with E-state index in [0.717, 1.165) is 66.1 Å². The summed E-state index contributed by atoms with van der Waals surface area (Å²) in [5, 5.41) is 7.51. The van der Waals surface area contributed by atoms with Crippen LogP contribution in [0.25, 0.3) is 22.3 Å². The van der Waals surface area contributed by atoms with Crippen LogP contribution in [0.1, 0.15) is 18.4 Å². The number of likely N-dealkylation sites (tertiary alicyclic amines) is 1. The lowest BCUT2D eigenvalue weighted by Crippen LogP contribution is -2.31. The van der Waals surface area contributed by atoms with Crippen molar-refractivity contribution in [3.05, 3.63) is 72.3 Å². The summed E-state index contributed by atoms with van der Waals surface area (Å²) in [6.07, 6.45) is 2.31. The molecule has 1 aromatic heterocycles. The van der Waals surface area contributed by atoms with E-state index in [1.165, 1.54) is 5.56 Å². The highest BCUT2D eigenvalue weighted by molar-refractivity contribution is 5.97. The van der Waals surface area contributed by atoms with E-state index < -0.39 is 0 Å². The summed E-state index contributed by atoms with van der Waals surface area (Å²) in [6.45, 7) is 3.13. The van der Waals surface area contributed by atoms with Crippen molar-refractivity contribution < 1.29 is 4.79 Å². The summed E-state index contributed by atoms with van der Waals surface area (Å²) >= 11 is 0. The monoisotopic (exact) mass is 465 g/mol. The molecule has 35 heavy (non-hydrogen) atoms. The number of rotatable bonds is 6. The van der Waals surface area contributed by atoms with Crippen LogP contribution in [-0.2, 0) is 11.3 Å². The smallest absolute Gasteiger partial charge is 0.238 e. The van der Waals surface area contributed by atoms with Crippen molar-refractivity contribution in [2.75, 3.05) is 35.7 Å². The molecule has 0 atom stereocenters. The average molecular weight is 466 g/mol. The summed E-state index contributed by atoms with van der Waals surface area (Å²) in [5.74, 6) is 1.27. The average Bonchev–Trinajstić information content (AvgIpc) is 3.56. The fraction of sp³-hybridized carbons (Fsp3) is 0.222. The van der Waals surface area contributed by atoms with E-state index in [-0.39, 0.29) is 5.91 Å². The molecule has 8 heteroatoms. The number of anilines is 4. The molecule has 4 aromatic rings. The van der Waals surface area contributed by atoms with E-state index in [4.69, 9.17) is 9.97 Å². The Bertz CT molecular complexity index is 1400. The number of hydrazine groups is 1. The number of hydrogen-bond donors (Lipinski definition) is 4. The first-order valence-corrected chi connectivity index (χ1v) is 12.0. The first kappa shape index (κ1) is 21.5. The molecule has 8 nitrogen and oxygen atoms in total. The van der Waals surface area contributed by atoms with E-state index in [1.54, 1.807) is 0 Å². The van der Waals surface area contributed by atoms with Crippen LogP contribution in [0, 0.1) is 0 Å². The van der Waals surface area contributed by atoms with Gasteiger partial charge in [0.25, 0.3) is 0 Å². The first-order chi connectivity index (χ1) is 17.2. The second-order valence-corrected chi connectivity index (χ2v) is 8.97. The lowest BCUT2D eigenvalue weighted by molar-refractivity contribution is -0.117. The maximum Gasteiger partial charge on any atom is 0.238 e. The molecule has 0 radical (unpaired) electrons. The molecule has 176 valence electrons. The standard InChI is InChI=1S/C27H27N7O/c35-25(17-34-13-5-6-14-34)30-23-9-3-1-7-20(23)27-31-24-10-4-2-8-21(24)26(32-27)29-19-11-12-22-18(15-19)16-28-33-22/h1-4,7-12,15,28,33H,5-6,13-14,16-17H2,(H,30,35)(H,29,31,32). The van der Waals surface area contributed by atoms with Gasteiger partial charge in [-0.15, -0.1) is 0 Å². The zero-order valence-corrected chi connectivity index (χ0v) is 19.3. The summed E-state index contributed by atoms with van der Waals surface area (Å²) in [5.41, 5.74) is 11.9. The molecule has 6 rings (SSSR count). The second-order valence-electron chi connectivity index (χ2n) is 8.97. The number of nitrogens with zero attached hydrogens (tertiary/aromatic N) is 3. The number of benzene rings is 3. The van der Waals surface area contributed by atoms with Gasteiger partial charge in [-0.1, -0.05) is 24.3 Å². The van der Waals surface area contributed by atoms with Gasteiger partial charge in [0.1, 0.15) is 5.82 Å². The molecular formula is C27H27N7O. The molecule has 0 bridgehead atoms. The zero-order valence-electron chi connectivity index (χ0n) is 19.3. The van der Waals surface area contributed by atoms with Gasteiger partial charge >= 0.3 is 0 Å². The number of carbonyl (C=O) groups is 1. The van der Waals surface area contributed by atoms with Crippen LogP contribution in [0.5, 0.6) is 0 Å². The number of carbonyl (C=O) groups excluding carboxylic acids is 1. The topological polar surface area (TPSA) is 94.2 Å². The molecule has 0 saturated carbocycles. The summed E-state index contributed by atoms with van der Waals surface area (Å²) < 4.78 is 0. The fourth-order valence-corrected chi connectivity index (χ4v) is 4.72. The van der Waals surface area contributed by atoms with Gasteiger partial charge in [0.05, 0.1) is 23.4 Å². The summed E-state index contributed by atoms with van der Waals surface area (Å²) in [6, 6.07) is 21.9. The van der Waals surface area contributed by atoms with E-state index in [1.807, 2.05) is 60.7 Å². The highest BCUT2D eigenvalue weighted by Crippen LogP contribution is 2.32. The first-order valence-electron chi connectivity index (χ1n) is 12.0. The second kappa shape index (κ2) is 9.32. The Hall–Kier alpha value is -4.01. The molecule has 2 aliphatic rings. The van der Waals surface area contributed by atoms with Crippen molar-refractivity contribution in [2.45, 2.75) is 19.4 Å². The number of fused-ring (bicyclic) bond motifs is 2. The molecule has 0 unspecified atom stereocenters. The van der Waals surface area contributed by atoms with Crippen molar-refractivity contribution in [3.63, 3.8) is 0 Å². The lowest BCUT2D eigenvalue weighted by atomic mass is 10.1. The van der Waals surface area contributed by atoms with E-state index >= 15 is 0 Å². The van der Waals surface area contributed by atoms with Crippen LogP contribution in [0.3, 0.4) is 0 Å². The quantitative estimate of drug-likeness (QED) is 0.333. The normalized spacial score (nSPS) is 15.1. The number of hydrogen-bond acceptors (Lipinski definition) is 7.